The molecule has 2 atom stereocenters. The lowest BCUT2D eigenvalue weighted by Gasteiger charge is -2.35. The first-order valence-corrected chi connectivity index (χ1v) is 15.0. The second kappa shape index (κ2) is 12.9. The van der Waals surface area contributed by atoms with E-state index in [1.807, 2.05) is 69.4 Å². The molecule has 43 heavy (non-hydrogen) atoms. The largest absolute Gasteiger partial charge is 0.466 e. The van der Waals surface area contributed by atoms with E-state index in [1.54, 1.807) is 23.7 Å². The van der Waals surface area contributed by atoms with E-state index in [4.69, 9.17) is 4.74 Å². The molecule has 0 saturated carbocycles. The molecule has 0 bridgehead atoms. The summed E-state index contributed by atoms with van der Waals surface area (Å²) in [7, 11) is 1.84. The van der Waals surface area contributed by atoms with Gasteiger partial charge in [0, 0.05) is 20.1 Å². The highest BCUT2D eigenvalue weighted by Gasteiger charge is 2.42. The first-order chi connectivity index (χ1) is 20.5. The zero-order chi connectivity index (χ0) is 30.7. The standard InChI is InChI=1S/C34H39F3N4O2/c1-5-43-33(42)29(16-22(2)3)28-19-26(24-10-7-6-8-11-24)18-27(32(28)34(35,36)37)25-12-9-15-41(21-25)20-23-13-14-30-31(17-23)40(4)39-38-30/h6-8,10-11,13-14,17-19,22,25,29H,5,9,12,15-16,20-21H2,1-4H3. The van der Waals surface area contributed by atoms with Crippen LogP contribution < -0.4 is 0 Å². The molecule has 1 saturated heterocycles. The summed E-state index contributed by atoms with van der Waals surface area (Å²) < 4.78 is 52.6. The van der Waals surface area contributed by atoms with Crippen LogP contribution >= 0.6 is 0 Å². The van der Waals surface area contributed by atoms with E-state index >= 15 is 13.2 Å². The number of fused-ring (bicyclic) bond motifs is 1. The van der Waals surface area contributed by atoms with Crippen molar-refractivity contribution in [2.75, 3.05) is 19.7 Å². The minimum Gasteiger partial charge on any atom is -0.466 e. The van der Waals surface area contributed by atoms with Gasteiger partial charge in [0.15, 0.2) is 0 Å². The molecule has 9 heteroatoms. The summed E-state index contributed by atoms with van der Waals surface area (Å²) in [6.07, 6.45) is -2.96. The maximum Gasteiger partial charge on any atom is 0.416 e. The minimum absolute atomic E-state index is 0.00328. The van der Waals surface area contributed by atoms with Gasteiger partial charge < -0.3 is 4.74 Å². The number of benzene rings is 3. The Morgan fingerprint density at radius 2 is 1.84 bits per heavy atom. The number of carbonyl (C=O) groups is 1. The monoisotopic (exact) mass is 592 g/mol. The maximum absolute atomic E-state index is 15.2. The van der Waals surface area contributed by atoms with E-state index in [1.165, 1.54) is 0 Å². The number of ether oxygens (including phenoxy) is 1. The summed E-state index contributed by atoms with van der Waals surface area (Å²) in [5.41, 5.74) is 3.88. The second-order valence-electron chi connectivity index (χ2n) is 11.9. The number of aromatic nitrogens is 3. The molecule has 1 aromatic heterocycles. The van der Waals surface area contributed by atoms with Crippen molar-refractivity contribution in [3.8, 4) is 11.1 Å². The molecule has 1 aliphatic heterocycles. The van der Waals surface area contributed by atoms with Gasteiger partial charge in [-0.1, -0.05) is 61.5 Å². The van der Waals surface area contributed by atoms with Crippen LogP contribution in [0.2, 0.25) is 0 Å². The molecule has 0 aliphatic carbocycles. The summed E-state index contributed by atoms with van der Waals surface area (Å²) in [6, 6.07) is 18.7. The fourth-order valence-corrected chi connectivity index (χ4v) is 6.36. The Hall–Kier alpha value is -3.72. The smallest absolute Gasteiger partial charge is 0.416 e. The molecular weight excluding hydrogens is 553 g/mol. The van der Waals surface area contributed by atoms with Gasteiger partial charge in [-0.25, -0.2) is 4.68 Å². The maximum atomic E-state index is 15.2. The van der Waals surface area contributed by atoms with Gasteiger partial charge >= 0.3 is 12.1 Å². The number of aryl methyl sites for hydroxylation is 1. The summed E-state index contributed by atoms with van der Waals surface area (Å²) in [5.74, 6) is -1.98. The van der Waals surface area contributed by atoms with Crippen molar-refractivity contribution in [1.82, 2.24) is 19.9 Å². The Morgan fingerprint density at radius 3 is 2.53 bits per heavy atom. The number of carbonyl (C=O) groups excluding carboxylic acids is 1. The van der Waals surface area contributed by atoms with Crippen LogP contribution in [0, 0.1) is 5.92 Å². The predicted molar refractivity (Wildman–Crippen MR) is 161 cm³/mol. The number of esters is 1. The highest BCUT2D eigenvalue weighted by molar-refractivity contribution is 5.81. The number of hydrogen-bond donors (Lipinski definition) is 0. The molecule has 0 N–H and O–H groups in total. The van der Waals surface area contributed by atoms with Crippen molar-refractivity contribution in [3.05, 3.63) is 82.9 Å². The molecule has 0 spiro atoms. The number of likely N-dealkylation sites (tertiary alicyclic amines) is 1. The summed E-state index contributed by atoms with van der Waals surface area (Å²) >= 11 is 0. The molecule has 1 fully saturated rings. The van der Waals surface area contributed by atoms with Gasteiger partial charge in [-0.3, -0.25) is 9.69 Å². The quantitative estimate of drug-likeness (QED) is 0.186. The lowest BCUT2D eigenvalue weighted by atomic mass is 9.78. The van der Waals surface area contributed by atoms with E-state index in [2.05, 4.69) is 15.2 Å². The number of nitrogens with zero attached hydrogens (tertiary/aromatic N) is 4. The molecule has 4 aromatic rings. The van der Waals surface area contributed by atoms with Crippen molar-refractivity contribution in [2.45, 2.75) is 64.6 Å². The van der Waals surface area contributed by atoms with Crippen molar-refractivity contribution >= 4 is 17.0 Å². The van der Waals surface area contributed by atoms with Crippen LogP contribution in [0.25, 0.3) is 22.2 Å². The van der Waals surface area contributed by atoms with Crippen molar-refractivity contribution < 1.29 is 22.7 Å². The third-order valence-electron chi connectivity index (χ3n) is 8.27. The van der Waals surface area contributed by atoms with Gasteiger partial charge in [0.1, 0.15) is 5.52 Å². The van der Waals surface area contributed by atoms with E-state index in [-0.39, 0.29) is 36.0 Å². The molecule has 3 aromatic carbocycles. The van der Waals surface area contributed by atoms with Crippen LogP contribution in [0.5, 0.6) is 0 Å². The van der Waals surface area contributed by atoms with Crippen LogP contribution in [-0.4, -0.2) is 45.6 Å². The molecule has 0 amide bonds. The van der Waals surface area contributed by atoms with E-state index < -0.39 is 23.6 Å². The number of piperidine rings is 1. The Bertz CT molecular complexity index is 1570. The number of rotatable bonds is 9. The van der Waals surface area contributed by atoms with Gasteiger partial charge in [0.05, 0.1) is 23.6 Å². The summed E-state index contributed by atoms with van der Waals surface area (Å²) in [5, 5.41) is 8.23. The van der Waals surface area contributed by atoms with Crippen LogP contribution in [0.15, 0.2) is 60.7 Å². The Morgan fingerprint density at radius 1 is 1.07 bits per heavy atom. The highest BCUT2D eigenvalue weighted by Crippen LogP contribution is 2.46. The molecule has 0 radical (unpaired) electrons. The second-order valence-corrected chi connectivity index (χ2v) is 11.9. The SMILES string of the molecule is CCOC(=O)C(CC(C)C)c1cc(-c2ccccc2)cc(C2CCCN(Cc3ccc4nnn(C)c4c3)C2)c1C(F)(F)F. The van der Waals surface area contributed by atoms with Crippen molar-refractivity contribution in [2.24, 2.45) is 13.0 Å². The van der Waals surface area contributed by atoms with Crippen molar-refractivity contribution in [3.63, 3.8) is 0 Å². The van der Waals surface area contributed by atoms with Gasteiger partial charge in [0.2, 0.25) is 0 Å². The molecule has 6 nitrogen and oxygen atoms in total. The molecule has 1 aliphatic rings. The fourth-order valence-electron chi connectivity index (χ4n) is 6.36. The average Bonchev–Trinajstić information content (AvgIpc) is 3.35. The zero-order valence-corrected chi connectivity index (χ0v) is 25.2. The first kappa shape index (κ1) is 30.7. The van der Waals surface area contributed by atoms with Gasteiger partial charge in [-0.2, -0.15) is 13.2 Å². The van der Waals surface area contributed by atoms with E-state index in [9.17, 15) is 4.79 Å². The Kier molecular flexibility index (Phi) is 9.20. The highest BCUT2D eigenvalue weighted by atomic mass is 19.4. The lowest BCUT2D eigenvalue weighted by molar-refractivity contribution is -0.146. The molecule has 228 valence electrons. The molecule has 5 rings (SSSR count). The molecule has 2 heterocycles. The third-order valence-corrected chi connectivity index (χ3v) is 8.27. The Labute approximate surface area is 250 Å². The Balaban J connectivity index is 1.59. The normalized spacial score (nSPS) is 17.0. The topological polar surface area (TPSA) is 60.2 Å². The number of hydrogen-bond acceptors (Lipinski definition) is 5. The van der Waals surface area contributed by atoms with Crippen LogP contribution in [0.4, 0.5) is 13.2 Å². The number of alkyl halides is 3. The third kappa shape index (κ3) is 6.93. The lowest BCUT2D eigenvalue weighted by Crippen LogP contribution is -2.35. The van der Waals surface area contributed by atoms with Crippen LogP contribution in [0.3, 0.4) is 0 Å². The molecule has 2 unspecified atom stereocenters. The van der Waals surface area contributed by atoms with Crippen molar-refractivity contribution in [1.29, 1.82) is 0 Å². The predicted octanol–water partition coefficient (Wildman–Crippen LogP) is 7.73. The summed E-state index contributed by atoms with van der Waals surface area (Å²) in [6.45, 7) is 7.51. The average molecular weight is 593 g/mol. The zero-order valence-electron chi connectivity index (χ0n) is 25.2. The van der Waals surface area contributed by atoms with Gasteiger partial charge in [-0.15, -0.1) is 5.10 Å². The van der Waals surface area contributed by atoms with Gasteiger partial charge in [0.25, 0.3) is 0 Å². The van der Waals surface area contributed by atoms with Gasteiger partial charge in [-0.05, 0) is 90.6 Å². The van der Waals surface area contributed by atoms with Crippen LogP contribution in [0.1, 0.15) is 74.1 Å². The van der Waals surface area contributed by atoms with E-state index in [0.29, 0.717) is 25.1 Å². The fraction of sp³-hybridized carbons (Fsp3) is 0.441. The van der Waals surface area contributed by atoms with Crippen LogP contribution in [-0.2, 0) is 29.3 Å². The summed E-state index contributed by atoms with van der Waals surface area (Å²) in [4.78, 5) is 15.5. The molecular formula is C34H39F3N4O2. The first-order valence-electron chi connectivity index (χ1n) is 15.0. The number of halogens is 3. The minimum atomic E-state index is -4.64. The van der Waals surface area contributed by atoms with E-state index in [0.717, 1.165) is 35.1 Å².